The van der Waals surface area contributed by atoms with Gasteiger partial charge in [0.05, 0.1) is 6.42 Å². The molecule has 6 nitrogen and oxygen atoms in total. The maximum absolute atomic E-state index is 12.7. The molecule has 1 spiro atoms. The predicted octanol–water partition coefficient (Wildman–Crippen LogP) is 1.76. The molecule has 1 aromatic carbocycles. The van der Waals surface area contributed by atoms with Gasteiger partial charge in [0, 0.05) is 44.9 Å². The van der Waals surface area contributed by atoms with E-state index >= 15 is 0 Å². The van der Waals surface area contributed by atoms with E-state index in [-0.39, 0.29) is 23.8 Å². The first-order chi connectivity index (χ1) is 13.2. The quantitative estimate of drug-likeness (QED) is 0.893. The zero-order chi connectivity index (χ0) is 18.7. The smallest absolute Gasteiger partial charge is 0.226 e. The Morgan fingerprint density at radius 2 is 1.96 bits per heavy atom. The van der Waals surface area contributed by atoms with Gasteiger partial charge in [-0.3, -0.25) is 4.79 Å². The molecule has 0 radical (unpaired) electrons. The highest BCUT2D eigenvalue weighted by Gasteiger charge is 2.48. The van der Waals surface area contributed by atoms with Gasteiger partial charge >= 0.3 is 0 Å². The van der Waals surface area contributed by atoms with Crippen LogP contribution >= 0.6 is 0 Å². The first-order valence-electron chi connectivity index (χ1n) is 9.64. The van der Waals surface area contributed by atoms with Gasteiger partial charge in [-0.25, -0.2) is 9.97 Å². The van der Waals surface area contributed by atoms with Crippen LogP contribution in [0.2, 0.25) is 0 Å². The number of piperidine rings is 1. The van der Waals surface area contributed by atoms with Gasteiger partial charge in [-0.15, -0.1) is 0 Å². The second kappa shape index (κ2) is 7.64. The predicted molar refractivity (Wildman–Crippen MR) is 103 cm³/mol. The average molecular weight is 366 g/mol. The molecule has 1 amide bonds. The Labute approximate surface area is 159 Å². The Kier molecular flexibility index (Phi) is 5.07. The number of carbonyl (C=O) groups excluding carboxylic acids is 1. The summed E-state index contributed by atoms with van der Waals surface area (Å²) in [6.07, 6.45) is 5.65. The van der Waals surface area contributed by atoms with Gasteiger partial charge in [0.2, 0.25) is 5.91 Å². The summed E-state index contributed by atoms with van der Waals surface area (Å²) in [7, 11) is 0. The van der Waals surface area contributed by atoms with Crippen molar-refractivity contribution in [1.29, 1.82) is 0 Å². The average Bonchev–Trinajstić information content (AvgIpc) is 3.08. The molecule has 1 aromatic heterocycles. The number of nitrogens with zero attached hydrogens (tertiary/aromatic N) is 4. The molecule has 2 saturated heterocycles. The maximum Gasteiger partial charge on any atom is 0.226 e. The van der Waals surface area contributed by atoms with Gasteiger partial charge in [0.1, 0.15) is 12.1 Å². The van der Waals surface area contributed by atoms with Gasteiger partial charge in [-0.05, 0) is 29.9 Å². The molecule has 1 atom stereocenters. The monoisotopic (exact) mass is 366 g/mol. The van der Waals surface area contributed by atoms with E-state index in [1.54, 1.807) is 12.5 Å². The molecule has 1 N–H and O–H groups in total. The first kappa shape index (κ1) is 17.9. The summed E-state index contributed by atoms with van der Waals surface area (Å²) in [6.45, 7) is 3.40. The number of aliphatic hydroxyl groups is 1. The number of anilines is 1. The van der Waals surface area contributed by atoms with Crippen molar-refractivity contribution in [2.24, 2.45) is 11.3 Å². The number of likely N-dealkylation sites (tertiary alicyclic amines) is 1. The van der Waals surface area contributed by atoms with Crippen molar-refractivity contribution in [3.05, 3.63) is 54.5 Å². The molecule has 2 fully saturated rings. The number of aliphatic hydroxyl groups excluding tert-OH is 1. The molecule has 3 heterocycles. The third kappa shape index (κ3) is 3.67. The number of carbonyl (C=O) groups is 1. The normalized spacial score (nSPS) is 21.6. The molecule has 142 valence electrons. The fourth-order valence-corrected chi connectivity index (χ4v) is 4.58. The molecule has 2 aliphatic rings. The van der Waals surface area contributed by atoms with Crippen molar-refractivity contribution < 1.29 is 9.90 Å². The zero-order valence-electron chi connectivity index (χ0n) is 15.5. The second-order valence-corrected chi connectivity index (χ2v) is 7.73. The van der Waals surface area contributed by atoms with Crippen LogP contribution in [-0.4, -0.2) is 58.7 Å². The molecule has 2 aliphatic heterocycles. The molecule has 2 aromatic rings. The van der Waals surface area contributed by atoms with Crippen molar-refractivity contribution in [2.75, 3.05) is 37.7 Å². The van der Waals surface area contributed by atoms with Crippen LogP contribution in [0.3, 0.4) is 0 Å². The molecule has 4 rings (SSSR count). The lowest BCUT2D eigenvalue weighted by atomic mass is 9.71. The Hall–Kier alpha value is -2.47. The summed E-state index contributed by atoms with van der Waals surface area (Å²) in [5.41, 5.74) is 1.12. The van der Waals surface area contributed by atoms with Crippen LogP contribution in [0.25, 0.3) is 0 Å². The second-order valence-electron chi connectivity index (χ2n) is 7.73. The summed E-state index contributed by atoms with van der Waals surface area (Å²) < 4.78 is 0. The number of rotatable bonds is 4. The van der Waals surface area contributed by atoms with Gasteiger partial charge in [-0.2, -0.15) is 0 Å². The summed E-state index contributed by atoms with van der Waals surface area (Å²) in [5, 5.41) is 9.98. The third-order valence-corrected chi connectivity index (χ3v) is 6.23. The van der Waals surface area contributed by atoms with E-state index in [9.17, 15) is 9.90 Å². The lowest BCUT2D eigenvalue weighted by Gasteiger charge is -2.42. The number of hydrogen-bond donors (Lipinski definition) is 1. The highest BCUT2D eigenvalue weighted by molar-refractivity contribution is 5.78. The fraction of sp³-hybridized carbons (Fsp3) is 0.476. The third-order valence-electron chi connectivity index (χ3n) is 6.23. The SMILES string of the molecule is O=C(Cc1ccccc1)N1CCC2(CC1)CN(c1ccncn1)CC2CO. The number of hydrogen-bond acceptors (Lipinski definition) is 5. The Balaban J connectivity index is 1.40. The van der Waals surface area contributed by atoms with E-state index in [0.717, 1.165) is 50.4 Å². The minimum atomic E-state index is 0.0588. The summed E-state index contributed by atoms with van der Waals surface area (Å²) >= 11 is 0. The van der Waals surface area contributed by atoms with E-state index in [0.29, 0.717) is 6.42 Å². The number of benzene rings is 1. The fourth-order valence-electron chi connectivity index (χ4n) is 4.58. The summed E-state index contributed by atoms with van der Waals surface area (Å²) in [6, 6.07) is 11.8. The van der Waals surface area contributed by atoms with Crippen LogP contribution in [-0.2, 0) is 11.2 Å². The van der Waals surface area contributed by atoms with Crippen molar-refractivity contribution >= 4 is 11.7 Å². The number of aromatic nitrogens is 2. The van der Waals surface area contributed by atoms with Crippen LogP contribution in [0.4, 0.5) is 5.82 Å². The van der Waals surface area contributed by atoms with E-state index in [1.165, 1.54) is 0 Å². The maximum atomic E-state index is 12.7. The van der Waals surface area contributed by atoms with Gasteiger partial charge < -0.3 is 14.9 Å². The zero-order valence-corrected chi connectivity index (χ0v) is 15.5. The lowest BCUT2D eigenvalue weighted by Crippen LogP contribution is -2.47. The van der Waals surface area contributed by atoms with Crippen molar-refractivity contribution in [1.82, 2.24) is 14.9 Å². The van der Waals surface area contributed by atoms with E-state index in [4.69, 9.17) is 0 Å². The summed E-state index contributed by atoms with van der Waals surface area (Å²) in [4.78, 5) is 25.3. The molecule has 0 aliphatic carbocycles. The van der Waals surface area contributed by atoms with Crippen LogP contribution in [0.5, 0.6) is 0 Å². The molecule has 1 unspecified atom stereocenters. The Morgan fingerprint density at radius 1 is 1.19 bits per heavy atom. The van der Waals surface area contributed by atoms with Crippen molar-refractivity contribution in [2.45, 2.75) is 19.3 Å². The standard InChI is InChI=1S/C21H26N4O2/c26-14-18-13-25(19-6-9-22-16-23-19)15-21(18)7-10-24(11-8-21)20(27)12-17-4-2-1-3-5-17/h1-6,9,16,18,26H,7-8,10-15H2. The minimum Gasteiger partial charge on any atom is -0.396 e. The Bertz CT molecular complexity index is 760. The van der Waals surface area contributed by atoms with Crippen LogP contribution in [0.1, 0.15) is 18.4 Å². The topological polar surface area (TPSA) is 69.6 Å². The van der Waals surface area contributed by atoms with Crippen LogP contribution in [0, 0.1) is 11.3 Å². The molecular weight excluding hydrogens is 340 g/mol. The van der Waals surface area contributed by atoms with Crippen LogP contribution < -0.4 is 4.90 Å². The molecule has 0 bridgehead atoms. The van der Waals surface area contributed by atoms with Crippen molar-refractivity contribution in [3.8, 4) is 0 Å². The van der Waals surface area contributed by atoms with Crippen LogP contribution in [0.15, 0.2) is 48.9 Å². The Morgan fingerprint density at radius 3 is 2.63 bits per heavy atom. The highest BCUT2D eigenvalue weighted by atomic mass is 16.3. The summed E-state index contributed by atoms with van der Waals surface area (Å²) in [5.74, 6) is 1.34. The van der Waals surface area contributed by atoms with Gasteiger partial charge in [-0.1, -0.05) is 30.3 Å². The molecule has 0 saturated carbocycles. The molecular formula is C21H26N4O2. The molecule has 6 heteroatoms. The lowest BCUT2D eigenvalue weighted by molar-refractivity contribution is -0.133. The largest absolute Gasteiger partial charge is 0.396 e. The molecule has 27 heavy (non-hydrogen) atoms. The highest BCUT2D eigenvalue weighted by Crippen LogP contribution is 2.45. The van der Waals surface area contributed by atoms with E-state index < -0.39 is 0 Å². The van der Waals surface area contributed by atoms with Gasteiger partial charge in [0.25, 0.3) is 0 Å². The van der Waals surface area contributed by atoms with Crippen molar-refractivity contribution in [3.63, 3.8) is 0 Å². The van der Waals surface area contributed by atoms with E-state index in [1.807, 2.05) is 41.3 Å². The van der Waals surface area contributed by atoms with E-state index in [2.05, 4.69) is 14.9 Å². The number of amides is 1. The first-order valence-corrected chi connectivity index (χ1v) is 9.64. The minimum absolute atomic E-state index is 0.0588. The van der Waals surface area contributed by atoms with Gasteiger partial charge in [0.15, 0.2) is 0 Å².